The van der Waals surface area contributed by atoms with Crippen molar-refractivity contribution in [3.8, 4) is 0 Å². The monoisotopic (exact) mass is 191 g/mol. The number of hydrogen-bond acceptors (Lipinski definition) is 3. The first kappa shape index (κ1) is 9.15. The van der Waals surface area contributed by atoms with Crippen LogP contribution in [0.3, 0.4) is 0 Å². The van der Waals surface area contributed by atoms with Crippen LogP contribution < -0.4 is 0 Å². The third kappa shape index (κ3) is 1.19. The molecule has 0 fully saturated rings. The van der Waals surface area contributed by atoms with Crippen molar-refractivity contribution in [2.24, 2.45) is 7.05 Å². The molecule has 14 heavy (non-hydrogen) atoms. The number of hydrogen-bond donors (Lipinski definition) is 1. The Morgan fingerprint density at radius 3 is 2.71 bits per heavy atom. The van der Waals surface area contributed by atoms with Crippen LogP contribution in [0.5, 0.6) is 0 Å². The maximum atomic E-state index is 9.07. The molecule has 2 aromatic rings. The van der Waals surface area contributed by atoms with E-state index in [0.717, 1.165) is 22.4 Å². The van der Waals surface area contributed by atoms with E-state index in [0.29, 0.717) is 5.82 Å². The number of aryl methyl sites for hydroxylation is 3. The molecule has 2 aromatic heterocycles. The minimum Gasteiger partial charge on any atom is -0.388 e. The third-order valence-corrected chi connectivity index (χ3v) is 2.38. The van der Waals surface area contributed by atoms with E-state index < -0.39 is 0 Å². The second kappa shape index (κ2) is 3.06. The normalized spacial score (nSPS) is 11.1. The van der Waals surface area contributed by atoms with Gasteiger partial charge in [-0.15, -0.1) is 0 Å². The summed E-state index contributed by atoms with van der Waals surface area (Å²) >= 11 is 0. The third-order valence-electron chi connectivity index (χ3n) is 2.38. The molecule has 0 amide bonds. The van der Waals surface area contributed by atoms with Gasteiger partial charge in [-0.3, -0.25) is 0 Å². The second-order valence-electron chi connectivity index (χ2n) is 3.50. The summed E-state index contributed by atoms with van der Waals surface area (Å²) in [5.74, 6) is 0.654. The van der Waals surface area contributed by atoms with Crippen LogP contribution in [0.15, 0.2) is 6.07 Å². The van der Waals surface area contributed by atoms with Crippen LogP contribution in [-0.2, 0) is 13.7 Å². The van der Waals surface area contributed by atoms with E-state index in [1.54, 1.807) is 0 Å². The van der Waals surface area contributed by atoms with Gasteiger partial charge >= 0.3 is 0 Å². The molecule has 0 radical (unpaired) electrons. The molecular weight excluding hydrogens is 178 g/mol. The highest BCUT2D eigenvalue weighted by Crippen LogP contribution is 2.17. The predicted molar refractivity (Wildman–Crippen MR) is 53.9 cm³/mol. The van der Waals surface area contributed by atoms with Gasteiger partial charge in [-0.05, 0) is 25.5 Å². The Balaban J connectivity index is 2.85. The number of fused-ring (bicyclic) bond motifs is 1. The van der Waals surface area contributed by atoms with Crippen molar-refractivity contribution in [2.75, 3.05) is 0 Å². The molecule has 2 heterocycles. The van der Waals surface area contributed by atoms with Gasteiger partial charge in [0.15, 0.2) is 5.65 Å². The van der Waals surface area contributed by atoms with Crippen molar-refractivity contribution in [2.45, 2.75) is 20.5 Å². The van der Waals surface area contributed by atoms with Gasteiger partial charge in [0.05, 0.1) is 0 Å². The molecule has 0 spiro atoms. The Labute approximate surface area is 82.2 Å². The molecule has 0 aliphatic heterocycles. The highest BCUT2D eigenvalue weighted by atomic mass is 16.3. The summed E-state index contributed by atoms with van der Waals surface area (Å²) in [6.45, 7) is 3.91. The fourth-order valence-corrected chi connectivity index (χ4v) is 1.65. The summed E-state index contributed by atoms with van der Waals surface area (Å²) < 4.78 is 1.83. The molecule has 0 aliphatic carbocycles. The van der Waals surface area contributed by atoms with Crippen LogP contribution in [-0.4, -0.2) is 19.6 Å². The van der Waals surface area contributed by atoms with Gasteiger partial charge in [-0.2, -0.15) is 0 Å². The maximum absolute atomic E-state index is 9.07. The number of aliphatic hydroxyl groups is 1. The van der Waals surface area contributed by atoms with E-state index in [4.69, 9.17) is 5.11 Å². The standard InChI is InChI=1S/C10H13N3O/c1-6-4-7(2)11-10-9(6)12-8(5-14)13(10)3/h4,14H,5H2,1-3H3. The van der Waals surface area contributed by atoms with E-state index in [9.17, 15) is 0 Å². The molecule has 0 aliphatic rings. The quantitative estimate of drug-likeness (QED) is 0.733. The van der Waals surface area contributed by atoms with Crippen molar-refractivity contribution < 1.29 is 5.11 Å². The second-order valence-corrected chi connectivity index (χ2v) is 3.50. The number of nitrogens with zero attached hydrogens (tertiary/aromatic N) is 3. The van der Waals surface area contributed by atoms with E-state index in [1.165, 1.54) is 0 Å². The molecular formula is C10H13N3O. The topological polar surface area (TPSA) is 50.9 Å². The minimum atomic E-state index is -0.0503. The highest BCUT2D eigenvalue weighted by Gasteiger charge is 2.10. The van der Waals surface area contributed by atoms with E-state index in [2.05, 4.69) is 9.97 Å². The van der Waals surface area contributed by atoms with Crippen LogP contribution in [0.2, 0.25) is 0 Å². The number of pyridine rings is 1. The van der Waals surface area contributed by atoms with Crippen LogP contribution in [0, 0.1) is 13.8 Å². The van der Waals surface area contributed by atoms with Crippen molar-refractivity contribution in [1.82, 2.24) is 14.5 Å². The lowest BCUT2D eigenvalue weighted by atomic mass is 10.2. The average Bonchev–Trinajstić information content (AvgIpc) is 2.44. The van der Waals surface area contributed by atoms with E-state index in [1.807, 2.05) is 31.5 Å². The Morgan fingerprint density at radius 1 is 1.36 bits per heavy atom. The number of aromatic nitrogens is 3. The van der Waals surface area contributed by atoms with Gasteiger partial charge in [0.25, 0.3) is 0 Å². The zero-order chi connectivity index (χ0) is 10.3. The molecule has 2 rings (SSSR count). The Kier molecular flexibility index (Phi) is 2.00. The molecule has 4 heteroatoms. The Morgan fingerprint density at radius 2 is 2.07 bits per heavy atom. The lowest BCUT2D eigenvalue weighted by Crippen LogP contribution is -1.98. The van der Waals surface area contributed by atoms with Gasteiger partial charge in [0.1, 0.15) is 17.9 Å². The lowest BCUT2D eigenvalue weighted by Gasteiger charge is -1.99. The zero-order valence-corrected chi connectivity index (χ0v) is 8.57. The first-order valence-electron chi connectivity index (χ1n) is 4.54. The van der Waals surface area contributed by atoms with Crippen molar-refractivity contribution >= 4 is 11.2 Å². The maximum Gasteiger partial charge on any atom is 0.160 e. The SMILES string of the molecule is Cc1cc(C)c2nc(CO)n(C)c2n1. The first-order chi connectivity index (χ1) is 6.63. The molecule has 0 aromatic carbocycles. The molecule has 74 valence electrons. The summed E-state index contributed by atoms with van der Waals surface area (Å²) in [4.78, 5) is 8.72. The fraction of sp³-hybridized carbons (Fsp3) is 0.400. The highest BCUT2D eigenvalue weighted by molar-refractivity contribution is 5.75. The fourth-order valence-electron chi connectivity index (χ4n) is 1.65. The Hall–Kier alpha value is -1.42. The molecule has 0 saturated heterocycles. The van der Waals surface area contributed by atoms with Gasteiger partial charge in [0, 0.05) is 12.7 Å². The Bertz CT molecular complexity index is 488. The molecule has 0 unspecified atom stereocenters. The summed E-state index contributed by atoms with van der Waals surface area (Å²) in [5, 5.41) is 9.07. The van der Waals surface area contributed by atoms with Gasteiger partial charge < -0.3 is 9.67 Å². The predicted octanol–water partition coefficient (Wildman–Crippen LogP) is 1.08. The van der Waals surface area contributed by atoms with Crippen LogP contribution in [0.4, 0.5) is 0 Å². The number of rotatable bonds is 1. The van der Waals surface area contributed by atoms with Crippen molar-refractivity contribution in [3.63, 3.8) is 0 Å². The summed E-state index contributed by atoms with van der Waals surface area (Å²) in [5.41, 5.74) is 3.79. The smallest absolute Gasteiger partial charge is 0.160 e. The average molecular weight is 191 g/mol. The molecule has 0 saturated carbocycles. The summed E-state index contributed by atoms with van der Waals surface area (Å²) in [7, 11) is 1.87. The zero-order valence-electron chi connectivity index (χ0n) is 8.57. The lowest BCUT2D eigenvalue weighted by molar-refractivity contribution is 0.268. The van der Waals surface area contributed by atoms with Crippen LogP contribution in [0.25, 0.3) is 11.2 Å². The largest absolute Gasteiger partial charge is 0.388 e. The number of imidazole rings is 1. The van der Waals surface area contributed by atoms with Crippen molar-refractivity contribution in [1.29, 1.82) is 0 Å². The van der Waals surface area contributed by atoms with E-state index in [-0.39, 0.29) is 6.61 Å². The van der Waals surface area contributed by atoms with Gasteiger partial charge in [-0.1, -0.05) is 0 Å². The molecule has 0 bridgehead atoms. The van der Waals surface area contributed by atoms with Gasteiger partial charge in [0.2, 0.25) is 0 Å². The number of aliphatic hydroxyl groups excluding tert-OH is 1. The van der Waals surface area contributed by atoms with Gasteiger partial charge in [-0.25, -0.2) is 9.97 Å². The van der Waals surface area contributed by atoms with Crippen molar-refractivity contribution in [3.05, 3.63) is 23.1 Å². The van der Waals surface area contributed by atoms with Crippen LogP contribution >= 0.6 is 0 Å². The summed E-state index contributed by atoms with van der Waals surface area (Å²) in [6.07, 6.45) is 0. The van der Waals surface area contributed by atoms with Crippen LogP contribution in [0.1, 0.15) is 17.1 Å². The first-order valence-corrected chi connectivity index (χ1v) is 4.54. The summed E-state index contributed by atoms with van der Waals surface area (Å²) in [6, 6.07) is 2.00. The van der Waals surface area contributed by atoms with E-state index >= 15 is 0 Å². The minimum absolute atomic E-state index is 0.0503. The molecule has 1 N–H and O–H groups in total. The molecule has 0 atom stereocenters. The molecule has 4 nitrogen and oxygen atoms in total.